The zero-order chi connectivity index (χ0) is 14.8. The summed E-state index contributed by atoms with van der Waals surface area (Å²) in [6, 6.07) is 14.4. The molecule has 0 fully saturated rings. The zero-order valence-corrected chi connectivity index (χ0v) is 12.5. The van der Waals surface area contributed by atoms with Gasteiger partial charge in [0.05, 0.1) is 11.7 Å². The summed E-state index contributed by atoms with van der Waals surface area (Å²) in [6.45, 7) is 0.747. The third kappa shape index (κ3) is 2.44. The molecule has 0 aliphatic heterocycles. The van der Waals surface area contributed by atoms with Gasteiger partial charge < -0.3 is 5.32 Å². The van der Waals surface area contributed by atoms with Crippen LogP contribution in [0.5, 0.6) is 0 Å². The van der Waals surface area contributed by atoms with E-state index in [0.717, 1.165) is 34.4 Å². The summed E-state index contributed by atoms with van der Waals surface area (Å²) in [6.07, 6.45) is 1.84. The van der Waals surface area contributed by atoms with Gasteiger partial charge in [0, 0.05) is 28.6 Å². The van der Waals surface area contributed by atoms with Crippen molar-refractivity contribution in [1.82, 2.24) is 19.8 Å². The second-order valence-electron chi connectivity index (χ2n) is 4.97. The average Bonchev–Trinajstić information content (AvgIpc) is 3.24. The first kappa shape index (κ1) is 13.0. The molecule has 2 aromatic heterocycles. The average molecular weight is 307 g/mol. The van der Waals surface area contributed by atoms with E-state index >= 15 is 0 Å². The van der Waals surface area contributed by atoms with Gasteiger partial charge in [0.1, 0.15) is 5.69 Å². The Morgan fingerprint density at radius 3 is 2.82 bits per heavy atom. The van der Waals surface area contributed by atoms with Crippen molar-refractivity contribution >= 4 is 28.1 Å². The van der Waals surface area contributed by atoms with Gasteiger partial charge in [-0.15, -0.1) is 5.10 Å². The van der Waals surface area contributed by atoms with Crippen molar-refractivity contribution in [3.63, 3.8) is 0 Å². The largest absolute Gasteiger partial charge is 0.381 e. The first-order chi connectivity index (χ1) is 10.9. The van der Waals surface area contributed by atoms with Crippen LogP contribution in [0.4, 0.5) is 5.69 Å². The molecular weight excluding hydrogens is 294 g/mol. The first-order valence-corrected chi connectivity index (χ1v) is 7.76. The molecule has 0 unspecified atom stereocenters. The van der Waals surface area contributed by atoms with Gasteiger partial charge in [-0.3, -0.25) is 5.10 Å². The predicted octanol–water partition coefficient (Wildman–Crippen LogP) is 3.69. The maximum absolute atomic E-state index is 4.09. The third-order valence-corrected chi connectivity index (χ3v) is 4.09. The summed E-state index contributed by atoms with van der Waals surface area (Å²) < 4.78 is 3.89. The van der Waals surface area contributed by atoms with Crippen LogP contribution in [0.15, 0.2) is 54.0 Å². The van der Waals surface area contributed by atoms with E-state index in [1.54, 1.807) is 0 Å². The normalized spacial score (nSPS) is 10.9. The van der Waals surface area contributed by atoms with Gasteiger partial charge in [-0.25, -0.2) is 0 Å². The van der Waals surface area contributed by atoms with Crippen LogP contribution in [-0.2, 0) is 6.54 Å². The highest BCUT2D eigenvalue weighted by molar-refractivity contribution is 7.03. The topological polar surface area (TPSA) is 66.5 Å². The van der Waals surface area contributed by atoms with Crippen LogP contribution in [0.3, 0.4) is 0 Å². The number of hydrogen-bond acceptors (Lipinski definition) is 5. The molecule has 0 radical (unpaired) electrons. The number of H-pyrrole nitrogens is 1. The lowest BCUT2D eigenvalue weighted by molar-refractivity contribution is 1.09. The highest BCUT2D eigenvalue weighted by atomic mass is 32.1. The van der Waals surface area contributed by atoms with E-state index in [1.165, 1.54) is 17.1 Å². The van der Waals surface area contributed by atoms with Crippen LogP contribution < -0.4 is 5.32 Å². The Morgan fingerprint density at radius 2 is 2.00 bits per heavy atom. The molecular formula is C16H13N5S. The van der Waals surface area contributed by atoms with Crippen molar-refractivity contribution in [1.29, 1.82) is 0 Å². The van der Waals surface area contributed by atoms with E-state index in [2.05, 4.69) is 61.5 Å². The van der Waals surface area contributed by atoms with Crippen LogP contribution in [0.25, 0.3) is 22.2 Å². The standard InChI is InChI=1S/C16H13N5S/c1-2-12(16-13(3-1)9-18-20-16)8-17-14-6-4-11(5-7-14)15-10-22-21-19-15/h1-7,9-10,17H,8H2,(H,18,20). The molecule has 5 nitrogen and oxygen atoms in total. The monoisotopic (exact) mass is 307 g/mol. The van der Waals surface area contributed by atoms with Crippen LogP contribution in [0.1, 0.15) is 5.56 Å². The molecule has 2 heterocycles. The molecule has 0 atom stereocenters. The highest BCUT2D eigenvalue weighted by Crippen LogP contribution is 2.21. The molecule has 0 aliphatic rings. The van der Waals surface area contributed by atoms with Crippen molar-refractivity contribution in [2.45, 2.75) is 6.54 Å². The van der Waals surface area contributed by atoms with E-state index < -0.39 is 0 Å². The molecule has 0 saturated carbocycles. The number of benzene rings is 2. The van der Waals surface area contributed by atoms with E-state index in [4.69, 9.17) is 0 Å². The fourth-order valence-corrected chi connectivity index (χ4v) is 2.89. The van der Waals surface area contributed by atoms with Crippen molar-refractivity contribution in [3.8, 4) is 11.3 Å². The second kappa shape index (κ2) is 5.57. The molecule has 2 aromatic carbocycles. The Balaban J connectivity index is 1.51. The van der Waals surface area contributed by atoms with Gasteiger partial charge in [-0.05, 0) is 29.2 Å². The predicted molar refractivity (Wildman–Crippen MR) is 88.8 cm³/mol. The molecule has 2 N–H and O–H groups in total. The smallest absolute Gasteiger partial charge is 0.105 e. The summed E-state index contributed by atoms with van der Waals surface area (Å²) in [5.74, 6) is 0. The summed E-state index contributed by atoms with van der Waals surface area (Å²) in [5.41, 5.74) is 5.35. The van der Waals surface area contributed by atoms with E-state index in [1.807, 2.05) is 17.6 Å². The fourth-order valence-electron chi connectivity index (χ4n) is 2.42. The minimum atomic E-state index is 0.747. The Labute approximate surface area is 131 Å². The molecule has 0 aliphatic carbocycles. The minimum Gasteiger partial charge on any atom is -0.381 e. The van der Waals surface area contributed by atoms with Gasteiger partial charge in [0.2, 0.25) is 0 Å². The Bertz CT molecular complexity index is 880. The number of nitrogens with one attached hydrogen (secondary N) is 2. The molecule has 0 amide bonds. The molecule has 0 spiro atoms. The summed E-state index contributed by atoms with van der Waals surface area (Å²) in [5, 5.41) is 17.7. The van der Waals surface area contributed by atoms with Crippen molar-refractivity contribution in [3.05, 3.63) is 59.6 Å². The van der Waals surface area contributed by atoms with Gasteiger partial charge in [-0.2, -0.15) is 5.10 Å². The zero-order valence-electron chi connectivity index (χ0n) is 11.7. The van der Waals surface area contributed by atoms with E-state index in [-0.39, 0.29) is 0 Å². The first-order valence-electron chi connectivity index (χ1n) is 6.92. The van der Waals surface area contributed by atoms with Crippen LogP contribution in [0, 0.1) is 0 Å². The van der Waals surface area contributed by atoms with Gasteiger partial charge in [-0.1, -0.05) is 34.8 Å². The lowest BCUT2D eigenvalue weighted by Crippen LogP contribution is -2.00. The number of anilines is 1. The number of nitrogens with zero attached hydrogens (tertiary/aromatic N) is 3. The lowest BCUT2D eigenvalue weighted by Gasteiger charge is -2.08. The van der Waals surface area contributed by atoms with Crippen LogP contribution in [-0.4, -0.2) is 19.8 Å². The summed E-state index contributed by atoms with van der Waals surface area (Å²) in [4.78, 5) is 0. The maximum atomic E-state index is 4.09. The Hall–Kier alpha value is -2.73. The number of aromatic nitrogens is 4. The fraction of sp³-hybridized carbons (Fsp3) is 0.0625. The Morgan fingerprint density at radius 1 is 1.09 bits per heavy atom. The van der Waals surface area contributed by atoms with Crippen LogP contribution in [0.2, 0.25) is 0 Å². The van der Waals surface area contributed by atoms with Crippen molar-refractivity contribution < 1.29 is 0 Å². The summed E-state index contributed by atoms with van der Waals surface area (Å²) >= 11 is 1.36. The van der Waals surface area contributed by atoms with Crippen molar-refractivity contribution in [2.75, 3.05) is 5.32 Å². The van der Waals surface area contributed by atoms with Gasteiger partial charge >= 0.3 is 0 Å². The number of para-hydroxylation sites is 1. The number of hydrogen-bond donors (Lipinski definition) is 2. The minimum absolute atomic E-state index is 0.747. The number of fused-ring (bicyclic) bond motifs is 1. The highest BCUT2D eigenvalue weighted by Gasteiger charge is 2.03. The van der Waals surface area contributed by atoms with E-state index in [9.17, 15) is 0 Å². The quantitative estimate of drug-likeness (QED) is 0.603. The third-order valence-electron chi connectivity index (χ3n) is 3.59. The number of rotatable bonds is 4. The SMILES string of the molecule is c1cc(CNc2ccc(-c3csnn3)cc2)c2[nH]ncc2c1. The van der Waals surface area contributed by atoms with E-state index in [0.29, 0.717) is 0 Å². The molecule has 0 bridgehead atoms. The molecule has 22 heavy (non-hydrogen) atoms. The maximum Gasteiger partial charge on any atom is 0.105 e. The van der Waals surface area contributed by atoms with Gasteiger partial charge in [0.15, 0.2) is 0 Å². The summed E-state index contributed by atoms with van der Waals surface area (Å²) in [7, 11) is 0. The second-order valence-corrected chi connectivity index (χ2v) is 5.58. The Kier molecular flexibility index (Phi) is 3.29. The molecule has 0 saturated heterocycles. The van der Waals surface area contributed by atoms with Crippen LogP contribution >= 0.6 is 11.5 Å². The lowest BCUT2D eigenvalue weighted by atomic mass is 10.1. The number of aromatic amines is 1. The molecule has 4 rings (SSSR count). The molecule has 108 valence electrons. The van der Waals surface area contributed by atoms with Crippen molar-refractivity contribution in [2.24, 2.45) is 0 Å². The van der Waals surface area contributed by atoms with Gasteiger partial charge in [0.25, 0.3) is 0 Å². The molecule has 6 heteroatoms. The molecule has 4 aromatic rings.